The van der Waals surface area contributed by atoms with Crippen molar-refractivity contribution in [3.8, 4) is 0 Å². The van der Waals surface area contributed by atoms with Gasteiger partial charge in [0, 0.05) is 37.9 Å². The second-order valence-corrected chi connectivity index (χ2v) is 6.55. The first-order valence-corrected chi connectivity index (χ1v) is 8.65. The van der Waals surface area contributed by atoms with Gasteiger partial charge in [0.2, 0.25) is 5.89 Å². The predicted octanol–water partition coefficient (Wildman–Crippen LogP) is 1.83. The lowest BCUT2D eigenvalue weighted by molar-refractivity contribution is 0.104. The summed E-state index contributed by atoms with van der Waals surface area (Å²) in [6.07, 6.45) is 6.89. The molecule has 1 aliphatic rings. The predicted molar refractivity (Wildman–Crippen MR) is 90.2 cm³/mol. The van der Waals surface area contributed by atoms with Gasteiger partial charge in [0.15, 0.2) is 5.82 Å². The maximum atomic E-state index is 5.20. The van der Waals surface area contributed by atoms with Gasteiger partial charge in [-0.15, -0.1) is 0 Å². The summed E-state index contributed by atoms with van der Waals surface area (Å²) < 4.78 is 5.20. The Morgan fingerprint density at radius 2 is 2.21 bits per heavy atom. The molecule has 130 valence electrons. The number of aromatic nitrogens is 4. The van der Waals surface area contributed by atoms with E-state index in [9.17, 15) is 0 Å². The molecule has 1 fully saturated rings. The molecule has 24 heavy (non-hydrogen) atoms. The number of hydrogen-bond acceptors (Lipinski definition) is 7. The highest BCUT2D eigenvalue weighted by Crippen LogP contribution is 2.18. The first-order valence-electron chi connectivity index (χ1n) is 8.65. The van der Waals surface area contributed by atoms with Crippen molar-refractivity contribution in [3.63, 3.8) is 0 Å². The molecule has 3 heterocycles. The number of rotatable bonds is 6. The maximum absolute atomic E-state index is 5.20. The standard InChI is InChI=1S/C17H26N6O/c1-4-17-20-16(21-24-17)12-23-7-5-6-15(11-23)22(3)10-14-9-18-13(2)8-19-14/h8-9,15H,4-7,10-12H2,1-3H3/t15-/m1/s1. The molecule has 2 aromatic heterocycles. The van der Waals surface area contributed by atoms with Gasteiger partial charge >= 0.3 is 0 Å². The minimum Gasteiger partial charge on any atom is -0.339 e. The van der Waals surface area contributed by atoms with Crippen molar-refractivity contribution in [1.82, 2.24) is 29.9 Å². The average molecular weight is 330 g/mol. The van der Waals surface area contributed by atoms with Gasteiger partial charge in [-0.1, -0.05) is 12.1 Å². The Morgan fingerprint density at radius 1 is 1.33 bits per heavy atom. The normalized spacial score (nSPS) is 19.1. The van der Waals surface area contributed by atoms with Crippen molar-refractivity contribution in [2.24, 2.45) is 0 Å². The first kappa shape index (κ1) is 17.0. The van der Waals surface area contributed by atoms with Crippen LogP contribution in [0.15, 0.2) is 16.9 Å². The minimum atomic E-state index is 0.513. The maximum Gasteiger partial charge on any atom is 0.226 e. The Bertz CT molecular complexity index is 641. The van der Waals surface area contributed by atoms with Gasteiger partial charge in [0.25, 0.3) is 0 Å². The lowest BCUT2D eigenvalue weighted by Crippen LogP contribution is -2.46. The van der Waals surface area contributed by atoms with Crippen LogP contribution in [0.2, 0.25) is 0 Å². The van der Waals surface area contributed by atoms with E-state index < -0.39 is 0 Å². The van der Waals surface area contributed by atoms with Gasteiger partial charge in [-0.05, 0) is 33.4 Å². The molecule has 1 saturated heterocycles. The van der Waals surface area contributed by atoms with E-state index in [0.29, 0.717) is 11.9 Å². The van der Waals surface area contributed by atoms with Crippen molar-refractivity contribution in [1.29, 1.82) is 0 Å². The van der Waals surface area contributed by atoms with E-state index in [-0.39, 0.29) is 0 Å². The van der Waals surface area contributed by atoms with Crippen LogP contribution < -0.4 is 0 Å². The molecule has 0 saturated carbocycles. The van der Waals surface area contributed by atoms with E-state index in [0.717, 1.165) is 49.8 Å². The Morgan fingerprint density at radius 3 is 2.92 bits per heavy atom. The van der Waals surface area contributed by atoms with Gasteiger partial charge in [0.05, 0.1) is 17.9 Å². The molecule has 1 aliphatic heterocycles. The van der Waals surface area contributed by atoms with Gasteiger partial charge in [-0.25, -0.2) is 0 Å². The van der Waals surface area contributed by atoms with Crippen LogP contribution in [0.1, 0.15) is 42.9 Å². The van der Waals surface area contributed by atoms with E-state index in [4.69, 9.17) is 4.52 Å². The highest BCUT2D eigenvalue weighted by atomic mass is 16.5. The van der Waals surface area contributed by atoms with Crippen LogP contribution in [0, 0.1) is 6.92 Å². The number of likely N-dealkylation sites (tertiary alicyclic amines) is 1. The van der Waals surface area contributed by atoms with Crippen LogP contribution in [0.3, 0.4) is 0 Å². The Labute approximate surface area is 143 Å². The minimum absolute atomic E-state index is 0.513. The molecule has 7 nitrogen and oxygen atoms in total. The van der Waals surface area contributed by atoms with E-state index in [1.54, 1.807) is 0 Å². The van der Waals surface area contributed by atoms with E-state index in [1.165, 1.54) is 12.8 Å². The number of likely N-dealkylation sites (N-methyl/N-ethyl adjacent to an activating group) is 1. The molecule has 0 aliphatic carbocycles. The van der Waals surface area contributed by atoms with Gasteiger partial charge in [0.1, 0.15) is 0 Å². The quantitative estimate of drug-likeness (QED) is 0.800. The van der Waals surface area contributed by atoms with Gasteiger partial charge < -0.3 is 4.52 Å². The summed E-state index contributed by atoms with van der Waals surface area (Å²) in [5, 5.41) is 4.07. The van der Waals surface area contributed by atoms with Crippen LogP contribution in [0.25, 0.3) is 0 Å². The van der Waals surface area contributed by atoms with E-state index >= 15 is 0 Å². The smallest absolute Gasteiger partial charge is 0.226 e. The highest BCUT2D eigenvalue weighted by molar-refractivity contribution is 5.01. The number of nitrogens with zero attached hydrogens (tertiary/aromatic N) is 6. The molecule has 2 aromatic rings. The SMILES string of the molecule is CCc1nc(CN2CCC[C@@H](N(C)Cc3cnc(C)cn3)C2)no1. The molecule has 0 radical (unpaired) electrons. The number of piperidine rings is 1. The second kappa shape index (κ2) is 7.81. The average Bonchev–Trinajstić information content (AvgIpc) is 3.05. The fourth-order valence-corrected chi connectivity index (χ4v) is 3.12. The summed E-state index contributed by atoms with van der Waals surface area (Å²) in [6, 6.07) is 0.513. The van der Waals surface area contributed by atoms with Crippen LogP contribution >= 0.6 is 0 Å². The van der Waals surface area contributed by atoms with Crippen LogP contribution in [-0.2, 0) is 19.5 Å². The summed E-state index contributed by atoms with van der Waals surface area (Å²) in [5.74, 6) is 1.51. The largest absolute Gasteiger partial charge is 0.339 e. The lowest BCUT2D eigenvalue weighted by atomic mass is 10.0. The molecule has 0 spiro atoms. The molecule has 7 heteroatoms. The lowest BCUT2D eigenvalue weighted by Gasteiger charge is -2.37. The molecule has 0 aromatic carbocycles. The Hall–Kier alpha value is -1.86. The topological polar surface area (TPSA) is 71.2 Å². The summed E-state index contributed by atoms with van der Waals surface area (Å²) in [4.78, 5) is 18.0. The van der Waals surface area contributed by atoms with Crippen molar-refractivity contribution in [3.05, 3.63) is 35.5 Å². The summed E-state index contributed by atoms with van der Waals surface area (Å²) in [5.41, 5.74) is 1.97. The number of aryl methyl sites for hydroxylation is 2. The van der Waals surface area contributed by atoms with Crippen molar-refractivity contribution >= 4 is 0 Å². The van der Waals surface area contributed by atoms with Crippen LogP contribution in [0.4, 0.5) is 0 Å². The fourth-order valence-electron chi connectivity index (χ4n) is 3.12. The summed E-state index contributed by atoms with van der Waals surface area (Å²) in [6.45, 7) is 7.68. The Kier molecular flexibility index (Phi) is 5.52. The molecule has 0 bridgehead atoms. The zero-order valence-corrected chi connectivity index (χ0v) is 14.8. The molecule has 0 amide bonds. The van der Waals surface area contributed by atoms with Crippen LogP contribution in [0.5, 0.6) is 0 Å². The molecule has 0 N–H and O–H groups in total. The van der Waals surface area contributed by atoms with Gasteiger partial charge in [-0.2, -0.15) is 4.98 Å². The van der Waals surface area contributed by atoms with Gasteiger partial charge in [-0.3, -0.25) is 19.8 Å². The van der Waals surface area contributed by atoms with Crippen molar-refractivity contribution < 1.29 is 4.52 Å². The molecular formula is C17H26N6O. The van der Waals surface area contributed by atoms with Crippen molar-refractivity contribution in [2.45, 2.75) is 52.2 Å². The van der Waals surface area contributed by atoms with E-state index in [2.05, 4.69) is 37.0 Å². The number of hydrogen-bond donors (Lipinski definition) is 0. The molecule has 1 atom stereocenters. The second-order valence-electron chi connectivity index (χ2n) is 6.55. The summed E-state index contributed by atoms with van der Waals surface area (Å²) >= 11 is 0. The fraction of sp³-hybridized carbons (Fsp3) is 0.647. The molecule has 3 rings (SSSR count). The molecule has 0 unspecified atom stereocenters. The third kappa shape index (κ3) is 4.36. The zero-order chi connectivity index (χ0) is 16.9. The first-order chi connectivity index (χ1) is 11.6. The third-order valence-electron chi connectivity index (χ3n) is 4.53. The van der Waals surface area contributed by atoms with Crippen molar-refractivity contribution in [2.75, 3.05) is 20.1 Å². The highest BCUT2D eigenvalue weighted by Gasteiger charge is 2.24. The summed E-state index contributed by atoms with van der Waals surface area (Å²) in [7, 11) is 2.17. The third-order valence-corrected chi connectivity index (χ3v) is 4.53. The van der Waals surface area contributed by atoms with Crippen LogP contribution in [-0.4, -0.2) is 56.1 Å². The monoisotopic (exact) mass is 330 g/mol. The Balaban J connectivity index is 1.55. The van der Waals surface area contributed by atoms with E-state index in [1.807, 2.05) is 26.2 Å². The zero-order valence-electron chi connectivity index (χ0n) is 14.8. The molecular weight excluding hydrogens is 304 g/mol.